The highest BCUT2D eigenvalue weighted by molar-refractivity contribution is 7.15. The van der Waals surface area contributed by atoms with E-state index in [9.17, 15) is 0 Å². The smallest absolute Gasteiger partial charge is 0.134 e. The Hall–Kier alpha value is -1.65. The molecule has 0 atom stereocenters. The van der Waals surface area contributed by atoms with Crippen molar-refractivity contribution < 1.29 is 4.42 Å². The molecular weight excluding hydrogens is 244 g/mol. The van der Waals surface area contributed by atoms with E-state index >= 15 is 0 Å². The van der Waals surface area contributed by atoms with Crippen LogP contribution in [0.2, 0.25) is 0 Å². The Labute approximate surface area is 109 Å². The molecular formula is C14H14N2OS. The van der Waals surface area contributed by atoms with Crippen molar-refractivity contribution in [1.29, 1.82) is 0 Å². The lowest BCUT2D eigenvalue weighted by Gasteiger charge is -1.91. The van der Waals surface area contributed by atoms with Crippen molar-refractivity contribution in [2.24, 2.45) is 5.73 Å². The van der Waals surface area contributed by atoms with E-state index in [1.165, 1.54) is 4.88 Å². The molecule has 0 radical (unpaired) electrons. The van der Waals surface area contributed by atoms with Crippen LogP contribution in [0, 0.1) is 6.92 Å². The maximum Gasteiger partial charge on any atom is 0.134 e. The molecule has 0 aliphatic carbocycles. The highest BCUT2D eigenvalue weighted by Crippen LogP contribution is 2.34. The average Bonchev–Trinajstić information content (AvgIpc) is 2.94. The molecule has 92 valence electrons. The van der Waals surface area contributed by atoms with E-state index in [4.69, 9.17) is 10.2 Å². The molecule has 0 saturated heterocycles. The summed E-state index contributed by atoms with van der Waals surface area (Å²) in [5.41, 5.74) is 8.66. The number of rotatable bonds is 3. The first-order chi connectivity index (χ1) is 8.79. The summed E-state index contributed by atoms with van der Waals surface area (Å²) in [5.74, 6) is 0. The fourth-order valence-electron chi connectivity index (χ4n) is 2.05. The van der Waals surface area contributed by atoms with E-state index in [1.807, 2.05) is 25.1 Å². The van der Waals surface area contributed by atoms with Crippen LogP contribution in [0.1, 0.15) is 10.6 Å². The minimum atomic E-state index is 0.661. The molecule has 0 aliphatic heterocycles. The van der Waals surface area contributed by atoms with E-state index in [1.54, 1.807) is 17.6 Å². The van der Waals surface area contributed by atoms with Crippen molar-refractivity contribution in [3.63, 3.8) is 0 Å². The lowest BCUT2D eigenvalue weighted by Crippen LogP contribution is -2.01. The Morgan fingerprint density at radius 2 is 2.17 bits per heavy atom. The van der Waals surface area contributed by atoms with Gasteiger partial charge in [-0.2, -0.15) is 0 Å². The molecule has 3 nitrogen and oxygen atoms in total. The third-order valence-electron chi connectivity index (χ3n) is 2.98. The number of thiazole rings is 1. The van der Waals surface area contributed by atoms with Crippen LogP contribution >= 0.6 is 11.3 Å². The minimum Gasteiger partial charge on any atom is -0.464 e. The Morgan fingerprint density at radius 3 is 3.00 bits per heavy atom. The van der Waals surface area contributed by atoms with Gasteiger partial charge in [0.25, 0.3) is 0 Å². The predicted molar refractivity (Wildman–Crippen MR) is 74.8 cm³/mol. The number of para-hydroxylation sites is 1. The van der Waals surface area contributed by atoms with Crippen LogP contribution in [-0.4, -0.2) is 11.5 Å². The van der Waals surface area contributed by atoms with Crippen LogP contribution < -0.4 is 5.73 Å². The van der Waals surface area contributed by atoms with E-state index in [2.05, 4.69) is 11.1 Å². The molecule has 3 aromatic rings. The van der Waals surface area contributed by atoms with Crippen LogP contribution in [0.25, 0.3) is 21.5 Å². The Kier molecular flexibility index (Phi) is 2.89. The van der Waals surface area contributed by atoms with E-state index < -0.39 is 0 Å². The quantitative estimate of drug-likeness (QED) is 0.783. The standard InChI is InChI=1S/C14H14N2OS/c1-9-13(6-7-15)18-14(16-9)11-8-17-12-5-3-2-4-10(11)12/h2-5,8H,6-7,15H2,1H3. The largest absolute Gasteiger partial charge is 0.464 e. The van der Waals surface area contributed by atoms with Gasteiger partial charge in [-0.1, -0.05) is 18.2 Å². The van der Waals surface area contributed by atoms with Crippen LogP contribution in [-0.2, 0) is 6.42 Å². The van der Waals surface area contributed by atoms with Gasteiger partial charge in [0.2, 0.25) is 0 Å². The van der Waals surface area contributed by atoms with Crippen molar-refractivity contribution in [3.8, 4) is 10.6 Å². The van der Waals surface area contributed by atoms with Gasteiger partial charge < -0.3 is 10.2 Å². The first kappa shape index (κ1) is 11.4. The molecule has 4 heteroatoms. The molecule has 0 spiro atoms. The van der Waals surface area contributed by atoms with Crippen molar-refractivity contribution in [1.82, 2.24) is 4.98 Å². The number of nitrogens with zero attached hydrogens (tertiary/aromatic N) is 1. The molecule has 2 N–H and O–H groups in total. The van der Waals surface area contributed by atoms with Crippen molar-refractivity contribution in [2.75, 3.05) is 6.54 Å². The summed E-state index contributed by atoms with van der Waals surface area (Å²) in [6, 6.07) is 8.03. The first-order valence-corrected chi connectivity index (χ1v) is 6.74. The van der Waals surface area contributed by atoms with Gasteiger partial charge in [0.15, 0.2) is 0 Å². The number of furan rings is 1. The maximum absolute atomic E-state index is 5.61. The summed E-state index contributed by atoms with van der Waals surface area (Å²) < 4.78 is 5.55. The number of nitrogens with two attached hydrogens (primary N) is 1. The zero-order chi connectivity index (χ0) is 12.5. The molecule has 2 aromatic heterocycles. The average molecular weight is 258 g/mol. The molecule has 2 heterocycles. The Bertz CT molecular complexity index is 684. The molecule has 18 heavy (non-hydrogen) atoms. The molecule has 0 bridgehead atoms. The van der Waals surface area contributed by atoms with Gasteiger partial charge in [-0.3, -0.25) is 0 Å². The second-order valence-corrected chi connectivity index (χ2v) is 5.30. The molecule has 0 aliphatic rings. The summed E-state index contributed by atoms with van der Waals surface area (Å²) in [7, 11) is 0. The number of benzene rings is 1. The van der Waals surface area contributed by atoms with Gasteiger partial charge >= 0.3 is 0 Å². The highest BCUT2D eigenvalue weighted by Gasteiger charge is 2.13. The third-order valence-corrected chi connectivity index (χ3v) is 4.23. The van der Waals surface area contributed by atoms with E-state index in [0.29, 0.717) is 6.54 Å². The third kappa shape index (κ3) is 1.83. The van der Waals surface area contributed by atoms with E-state index in [0.717, 1.165) is 33.7 Å². The van der Waals surface area contributed by atoms with Gasteiger partial charge in [-0.15, -0.1) is 11.3 Å². The molecule has 0 amide bonds. The highest BCUT2D eigenvalue weighted by atomic mass is 32.1. The predicted octanol–water partition coefficient (Wildman–Crippen LogP) is 3.37. The number of aryl methyl sites for hydroxylation is 1. The van der Waals surface area contributed by atoms with Gasteiger partial charge in [0, 0.05) is 10.3 Å². The van der Waals surface area contributed by atoms with Crippen LogP contribution in [0.3, 0.4) is 0 Å². The summed E-state index contributed by atoms with van der Waals surface area (Å²) in [6.45, 7) is 2.70. The fourth-order valence-corrected chi connectivity index (χ4v) is 3.15. The van der Waals surface area contributed by atoms with Gasteiger partial charge in [0.05, 0.1) is 11.3 Å². The Morgan fingerprint density at radius 1 is 1.33 bits per heavy atom. The minimum absolute atomic E-state index is 0.661. The second kappa shape index (κ2) is 4.55. The molecule has 0 unspecified atom stereocenters. The first-order valence-electron chi connectivity index (χ1n) is 5.92. The van der Waals surface area contributed by atoms with Crippen molar-refractivity contribution >= 4 is 22.3 Å². The van der Waals surface area contributed by atoms with Crippen LogP contribution in [0.15, 0.2) is 34.9 Å². The lowest BCUT2D eigenvalue weighted by molar-refractivity contribution is 0.617. The SMILES string of the molecule is Cc1nc(-c2coc3ccccc23)sc1CCN. The zero-order valence-corrected chi connectivity index (χ0v) is 11.0. The normalized spacial score (nSPS) is 11.2. The molecule has 0 saturated carbocycles. The van der Waals surface area contributed by atoms with Gasteiger partial charge in [0.1, 0.15) is 16.9 Å². The van der Waals surface area contributed by atoms with Crippen LogP contribution in [0.4, 0.5) is 0 Å². The van der Waals surface area contributed by atoms with Gasteiger partial charge in [-0.05, 0) is 26.0 Å². The topological polar surface area (TPSA) is 52.0 Å². The summed E-state index contributed by atoms with van der Waals surface area (Å²) in [5, 5.41) is 2.13. The number of aromatic nitrogens is 1. The number of hydrogen-bond donors (Lipinski definition) is 1. The van der Waals surface area contributed by atoms with Crippen LogP contribution in [0.5, 0.6) is 0 Å². The summed E-state index contributed by atoms with van der Waals surface area (Å²) in [6.07, 6.45) is 2.68. The second-order valence-electron chi connectivity index (χ2n) is 4.21. The molecule has 1 aromatic carbocycles. The van der Waals surface area contributed by atoms with E-state index in [-0.39, 0.29) is 0 Å². The maximum atomic E-state index is 5.61. The lowest BCUT2D eigenvalue weighted by atomic mass is 10.2. The summed E-state index contributed by atoms with van der Waals surface area (Å²) in [4.78, 5) is 5.89. The zero-order valence-electron chi connectivity index (χ0n) is 10.1. The fraction of sp³-hybridized carbons (Fsp3) is 0.214. The summed E-state index contributed by atoms with van der Waals surface area (Å²) >= 11 is 1.71. The van der Waals surface area contributed by atoms with Gasteiger partial charge in [-0.25, -0.2) is 4.98 Å². The monoisotopic (exact) mass is 258 g/mol. The molecule has 3 rings (SSSR count). The van der Waals surface area contributed by atoms with Crippen molar-refractivity contribution in [3.05, 3.63) is 41.1 Å². The van der Waals surface area contributed by atoms with Crippen molar-refractivity contribution in [2.45, 2.75) is 13.3 Å². The Balaban J connectivity index is 2.11. The number of hydrogen-bond acceptors (Lipinski definition) is 4. The molecule has 0 fully saturated rings. The number of fused-ring (bicyclic) bond motifs is 1.